The van der Waals surface area contributed by atoms with Gasteiger partial charge in [0.1, 0.15) is 5.75 Å². The van der Waals surface area contributed by atoms with Gasteiger partial charge in [0.25, 0.3) is 0 Å². The molecule has 22 heavy (non-hydrogen) atoms. The first-order valence-electron chi connectivity index (χ1n) is 7.36. The minimum atomic E-state index is -3.50. The number of carbonyl (C=O) groups excluding carboxylic acids is 1. The van der Waals surface area contributed by atoms with Gasteiger partial charge in [0.2, 0.25) is 15.9 Å². The van der Waals surface area contributed by atoms with E-state index in [9.17, 15) is 13.2 Å². The average molecular weight is 328 g/mol. The van der Waals surface area contributed by atoms with Gasteiger partial charge in [-0.05, 0) is 25.5 Å². The molecule has 0 atom stereocenters. The zero-order valence-electron chi connectivity index (χ0n) is 13.3. The Kier molecular flexibility index (Phi) is 7.17. The summed E-state index contributed by atoms with van der Waals surface area (Å²) in [6.07, 6.45) is 2.07. The zero-order chi connectivity index (χ0) is 16.6. The predicted molar refractivity (Wildman–Crippen MR) is 87.7 cm³/mol. The first-order valence-corrected chi connectivity index (χ1v) is 9.21. The Morgan fingerprint density at radius 1 is 1.27 bits per heavy atom. The highest BCUT2D eigenvalue weighted by atomic mass is 32.2. The van der Waals surface area contributed by atoms with Crippen LogP contribution in [0.1, 0.15) is 26.7 Å². The molecule has 0 unspecified atom stereocenters. The molecule has 124 valence electrons. The van der Waals surface area contributed by atoms with E-state index in [-0.39, 0.29) is 18.9 Å². The Labute approximate surface area is 132 Å². The molecule has 0 aromatic heterocycles. The predicted octanol–water partition coefficient (Wildman–Crippen LogP) is 1.77. The van der Waals surface area contributed by atoms with E-state index in [2.05, 4.69) is 5.32 Å². The minimum absolute atomic E-state index is 0.0818. The van der Waals surface area contributed by atoms with E-state index in [1.54, 1.807) is 24.3 Å². The Morgan fingerprint density at radius 2 is 1.95 bits per heavy atom. The number of nitrogens with one attached hydrogen (secondary N) is 1. The number of para-hydroxylation sites is 2. The summed E-state index contributed by atoms with van der Waals surface area (Å²) in [5.41, 5.74) is 0.454. The van der Waals surface area contributed by atoms with E-state index >= 15 is 0 Å². The topological polar surface area (TPSA) is 75.7 Å². The van der Waals surface area contributed by atoms with Gasteiger partial charge in [0, 0.05) is 19.5 Å². The van der Waals surface area contributed by atoms with Crippen molar-refractivity contribution in [1.82, 2.24) is 5.32 Å². The molecule has 1 N–H and O–H groups in total. The summed E-state index contributed by atoms with van der Waals surface area (Å²) < 4.78 is 30.8. The molecule has 0 saturated carbocycles. The van der Waals surface area contributed by atoms with Gasteiger partial charge in [-0.1, -0.05) is 19.1 Å². The smallest absolute Gasteiger partial charge is 0.232 e. The van der Waals surface area contributed by atoms with Gasteiger partial charge in [-0.25, -0.2) is 8.42 Å². The minimum Gasteiger partial charge on any atom is -0.492 e. The van der Waals surface area contributed by atoms with Crippen LogP contribution in [0.3, 0.4) is 0 Å². The zero-order valence-corrected chi connectivity index (χ0v) is 14.1. The highest BCUT2D eigenvalue weighted by Gasteiger charge is 2.21. The molecule has 0 heterocycles. The number of rotatable bonds is 9. The normalized spacial score (nSPS) is 11.0. The van der Waals surface area contributed by atoms with E-state index in [0.717, 1.165) is 12.7 Å². The molecule has 1 rings (SSSR count). The van der Waals surface area contributed by atoms with E-state index in [4.69, 9.17) is 4.74 Å². The third-order valence-corrected chi connectivity index (χ3v) is 4.13. The summed E-state index contributed by atoms with van der Waals surface area (Å²) in [4.78, 5) is 11.7. The molecule has 7 heteroatoms. The standard InChI is InChI=1S/C15H24N2O4S/c1-4-11-16-15(18)10-12-17(22(3,19)20)13-8-6-7-9-14(13)21-5-2/h6-9H,4-5,10-12H2,1-3H3,(H,16,18). The van der Waals surface area contributed by atoms with Crippen molar-refractivity contribution in [2.24, 2.45) is 0 Å². The van der Waals surface area contributed by atoms with E-state index in [1.165, 1.54) is 4.31 Å². The van der Waals surface area contributed by atoms with Crippen molar-refractivity contribution in [2.45, 2.75) is 26.7 Å². The SMILES string of the molecule is CCCNC(=O)CCN(c1ccccc1OCC)S(C)(=O)=O. The van der Waals surface area contributed by atoms with Gasteiger partial charge in [0.05, 0.1) is 18.6 Å². The van der Waals surface area contributed by atoms with Crippen LogP contribution < -0.4 is 14.4 Å². The highest BCUT2D eigenvalue weighted by Crippen LogP contribution is 2.29. The Hall–Kier alpha value is -1.76. The summed E-state index contributed by atoms with van der Waals surface area (Å²) in [5.74, 6) is 0.328. The Bertz CT molecular complexity index is 587. The van der Waals surface area contributed by atoms with Crippen molar-refractivity contribution in [3.63, 3.8) is 0 Å². The van der Waals surface area contributed by atoms with Crippen LogP contribution in [0.5, 0.6) is 5.75 Å². The van der Waals surface area contributed by atoms with E-state index in [1.807, 2.05) is 13.8 Å². The molecule has 1 aromatic rings. The van der Waals surface area contributed by atoms with Crippen molar-refractivity contribution < 1.29 is 17.9 Å². The third-order valence-electron chi connectivity index (χ3n) is 2.95. The lowest BCUT2D eigenvalue weighted by molar-refractivity contribution is -0.120. The molecule has 1 amide bonds. The quantitative estimate of drug-likeness (QED) is 0.749. The maximum Gasteiger partial charge on any atom is 0.232 e. The number of anilines is 1. The molecule has 0 spiro atoms. The first kappa shape index (κ1) is 18.3. The molecule has 0 saturated heterocycles. The maximum absolute atomic E-state index is 12.1. The second-order valence-electron chi connectivity index (χ2n) is 4.84. The molecule has 0 bridgehead atoms. The summed E-state index contributed by atoms with van der Waals surface area (Å²) in [5, 5.41) is 2.74. The summed E-state index contributed by atoms with van der Waals surface area (Å²) >= 11 is 0. The summed E-state index contributed by atoms with van der Waals surface area (Å²) in [6.45, 7) is 4.90. The van der Waals surface area contributed by atoms with Gasteiger partial charge < -0.3 is 10.1 Å². The Morgan fingerprint density at radius 3 is 2.55 bits per heavy atom. The van der Waals surface area contributed by atoms with Crippen LogP contribution in [-0.2, 0) is 14.8 Å². The molecule has 6 nitrogen and oxygen atoms in total. The number of hydrogen-bond acceptors (Lipinski definition) is 4. The van der Waals surface area contributed by atoms with Crippen LogP contribution in [0.25, 0.3) is 0 Å². The summed E-state index contributed by atoms with van der Waals surface area (Å²) in [6, 6.07) is 6.92. The Balaban J connectivity index is 2.93. The van der Waals surface area contributed by atoms with E-state index < -0.39 is 10.0 Å². The van der Waals surface area contributed by atoms with Gasteiger partial charge in [-0.3, -0.25) is 9.10 Å². The molecule has 0 aliphatic carbocycles. The largest absolute Gasteiger partial charge is 0.492 e. The number of amides is 1. The third kappa shape index (κ3) is 5.55. The van der Waals surface area contributed by atoms with Crippen LogP contribution in [0.2, 0.25) is 0 Å². The number of nitrogens with zero attached hydrogens (tertiary/aromatic N) is 1. The van der Waals surface area contributed by atoms with Gasteiger partial charge in [-0.15, -0.1) is 0 Å². The molecular formula is C15H24N2O4S. The molecule has 1 aromatic carbocycles. The molecule has 0 fully saturated rings. The fourth-order valence-corrected chi connectivity index (χ4v) is 2.89. The molecule has 0 radical (unpaired) electrons. The second kappa shape index (κ2) is 8.63. The van der Waals surface area contributed by atoms with Gasteiger partial charge in [-0.2, -0.15) is 0 Å². The number of carbonyl (C=O) groups is 1. The lowest BCUT2D eigenvalue weighted by Gasteiger charge is -2.24. The van der Waals surface area contributed by atoms with Crippen LogP contribution in [0, 0.1) is 0 Å². The fourth-order valence-electron chi connectivity index (χ4n) is 1.96. The fraction of sp³-hybridized carbons (Fsp3) is 0.533. The van der Waals surface area contributed by atoms with Gasteiger partial charge in [0.15, 0.2) is 0 Å². The first-order chi connectivity index (χ1) is 10.4. The molecule has 0 aliphatic heterocycles. The maximum atomic E-state index is 12.1. The number of ether oxygens (including phenoxy) is 1. The van der Waals surface area contributed by atoms with Crippen LogP contribution in [0.4, 0.5) is 5.69 Å². The lowest BCUT2D eigenvalue weighted by Crippen LogP contribution is -2.35. The number of sulfonamides is 1. The monoisotopic (exact) mass is 328 g/mol. The summed E-state index contributed by atoms with van der Waals surface area (Å²) in [7, 11) is -3.50. The van der Waals surface area contributed by atoms with Crippen molar-refractivity contribution in [3.05, 3.63) is 24.3 Å². The number of hydrogen-bond donors (Lipinski definition) is 1. The van der Waals surface area contributed by atoms with Crippen molar-refractivity contribution in [1.29, 1.82) is 0 Å². The van der Waals surface area contributed by atoms with Crippen molar-refractivity contribution in [3.8, 4) is 5.75 Å². The highest BCUT2D eigenvalue weighted by molar-refractivity contribution is 7.92. The van der Waals surface area contributed by atoms with Crippen molar-refractivity contribution in [2.75, 3.05) is 30.3 Å². The molecular weight excluding hydrogens is 304 g/mol. The van der Waals surface area contributed by atoms with Gasteiger partial charge >= 0.3 is 0 Å². The van der Waals surface area contributed by atoms with Crippen LogP contribution in [0.15, 0.2) is 24.3 Å². The second-order valence-corrected chi connectivity index (χ2v) is 6.74. The lowest BCUT2D eigenvalue weighted by atomic mass is 10.2. The van der Waals surface area contributed by atoms with E-state index in [0.29, 0.717) is 24.6 Å². The van der Waals surface area contributed by atoms with Crippen molar-refractivity contribution >= 4 is 21.6 Å². The number of benzene rings is 1. The molecule has 0 aliphatic rings. The van der Waals surface area contributed by atoms with Crippen LogP contribution >= 0.6 is 0 Å². The average Bonchev–Trinajstić information content (AvgIpc) is 2.46. The van der Waals surface area contributed by atoms with Crippen LogP contribution in [-0.4, -0.2) is 40.3 Å².